The molecule has 1 aromatic carbocycles. The van der Waals surface area contributed by atoms with Gasteiger partial charge in [0, 0.05) is 4.88 Å². The van der Waals surface area contributed by atoms with Gasteiger partial charge in [0.2, 0.25) is 5.91 Å². The maximum absolute atomic E-state index is 12.3. The molecule has 0 aliphatic rings. The Kier molecular flexibility index (Phi) is 5.38. The zero-order valence-electron chi connectivity index (χ0n) is 13.3. The lowest BCUT2D eigenvalue weighted by Gasteiger charge is -2.17. The Morgan fingerprint density at radius 1 is 1.36 bits per heavy atom. The number of aryl methyl sites for hydroxylation is 2. The fourth-order valence-corrected chi connectivity index (χ4v) is 2.72. The van der Waals surface area contributed by atoms with Crippen molar-refractivity contribution in [2.75, 3.05) is 17.2 Å². The van der Waals surface area contributed by atoms with E-state index < -0.39 is 6.04 Å². The van der Waals surface area contributed by atoms with Crippen LogP contribution < -0.4 is 15.4 Å². The molecule has 0 radical (unpaired) electrons. The number of thiazole rings is 1. The first-order valence-corrected chi connectivity index (χ1v) is 8.06. The molecule has 6 heteroatoms. The lowest BCUT2D eigenvalue weighted by Crippen LogP contribution is -2.32. The zero-order chi connectivity index (χ0) is 16.1. The molecule has 0 saturated heterocycles. The van der Waals surface area contributed by atoms with Crippen molar-refractivity contribution in [1.29, 1.82) is 0 Å². The van der Waals surface area contributed by atoms with Gasteiger partial charge in [-0.1, -0.05) is 12.1 Å². The molecular formula is C16H21N3O2S. The van der Waals surface area contributed by atoms with Crippen molar-refractivity contribution in [3.63, 3.8) is 0 Å². The van der Waals surface area contributed by atoms with E-state index in [1.165, 1.54) is 11.3 Å². The van der Waals surface area contributed by atoms with Crippen LogP contribution in [0.2, 0.25) is 0 Å². The van der Waals surface area contributed by atoms with Crippen LogP contribution >= 0.6 is 11.3 Å². The molecule has 1 atom stereocenters. The van der Waals surface area contributed by atoms with E-state index in [0.717, 1.165) is 22.0 Å². The molecule has 1 unspecified atom stereocenters. The molecule has 2 rings (SSSR count). The molecule has 0 saturated carbocycles. The molecule has 118 valence electrons. The Balaban J connectivity index is 2.02. The molecule has 0 aliphatic heterocycles. The highest BCUT2D eigenvalue weighted by molar-refractivity contribution is 7.15. The summed E-state index contributed by atoms with van der Waals surface area (Å²) in [6, 6.07) is 7.19. The van der Waals surface area contributed by atoms with Crippen molar-refractivity contribution in [2.24, 2.45) is 0 Å². The van der Waals surface area contributed by atoms with Crippen molar-refractivity contribution in [3.05, 3.63) is 34.8 Å². The number of nitrogens with one attached hydrogen (secondary N) is 2. The Morgan fingerprint density at radius 3 is 2.73 bits per heavy atom. The third-order valence-electron chi connectivity index (χ3n) is 3.21. The summed E-state index contributed by atoms with van der Waals surface area (Å²) in [6.07, 6.45) is 0. The van der Waals surface area contributed by atoms with Gasteiger partial charge in [0.15, 0.2) is 5.13 Å². The second-order valence-corrected chi connectivity index (χ2v) is 6.15. The van der Waals surface area contributed by atoms with Crippen LogP contribution in [0.4, 0.5) is 10.8 Å². The maximum atomic E-state index is 12.3. The largest absolute Gasteiger partial charge is 0.492 e. The molecule has 5 nitrogen and oxygen atoms in total. The van der Waals surface area contributed by atoms with Crippen molar-refractivity contribution in [1.82, 2.24) is 4.98 Å². The van der Waals surface area contributed by atoms with Crippen molar-refractivity contribution >= 4 is 28.1 Å². The Hall–Kier alpha value is -2.08. The van der Waals surface area contributed by atoms with Gasteiger partial charge in [-0.05, 0) is 39.8 Å². The predicted octanol–water partition coefficient (Wildman–Crippen LogP) is 3.60. The number of carbonyl (C=O) groups is 1. The lowest BCUT2D eigenvalue weighted by molar-refractivity contribution is -0.116. The first-order valence-electron chi connectivity index (χ1n) is 7.24. The van der Waals surface area contributed by atoms with Crippen LogP contribution in [0, 0.1) is 13.8 Å². The second-order valence-electron chi connectivity index (χ2n) is 4.95. The number of anilines is 2. The molecule has 0 fully saturated rings. The number of nitrogens with zero attached hydrogens (tertiary/aromatic N) is 1. The van der Waals surface area contributed by atoms with E-state index in [2.05, 4.69) is 15.6 Å². The summed E-state index contributed by atoms with van der Waals surface area (Å²) >= 11 is 1.48. The first-order chi connectivity index (χ1) is 10.5. The van der Waals surface area contributed by atoms with Crippen molar-refractivity contribution < 1.29 is 9.53 Å². The van der Waals surface area contributed by atoms with E-state index in [9.17, 15) is 4.79 Å². The van der Waals surface area contributed by atoms with E-state index >= 15 is 0 Å². The maximum Gasteiger partial charge on any atom is 0.248 e. The highest BCUT2D eigenvalue weighted by Crippen LogP contribution is 2.25. The Bertz CT molecular complexity index is 635. The summed E-state index contributed by atoms with van der Waals surface area (Å²) in [5, 5.41) is 6.65. The first kappa shape index (κ1) is 16.3. The van der Waals surface area contributed by atoms with E-state index in [1.807, 2.05) is 52.0 Å². The second kappa shape index (κ2) is 7.26. The number of carbonyl (C=O) groups excluding carboxylic acids is 1. The summed E-state index contributed by atoms with van der Waals surface area (Å²) in [7, 11) is 0. The highest BCUT2D eigenvalue weighted by Gasteiger charge is 2.16. The molecule has 0 aliphatic carbocycles. The average molecular weight is 319 g/mol. The lowest BCUT2D eigenvalue weighted by atomic mass is 10.2. The molecule has 0 spiro atoms. The van der Waals surface area contributed by atoms with Gasteiger partial charge in [-0.2, -0.15) is 0 Å². The smallest absolute Gasteiger partial charge is 0.248 e. The molecule has 1 heterocycles. The number of rotatable bonds is 6. The predicted molar refractivity (Wildman–Crippen MR) is 90.9 cm³/mol. The van der Waals surface area contributed by atoms with Crippen LogP contribution in [-0.4, -0.2) is 23.5 Å². The van der Waals surface area contributed by atoms with Crippen LogP contribution in [0.3, 0.4) is 0 Å². The van der Waals surface area contributed by atoms with E-state index in [0.29, 0.717) is 11.7 Å². The van der Waals surface area contributed by atoms with Crippen LogP contribution in [0.1, 0.15) is 24.4 Å². The number of benzene rings is 1. The summed E-state index contributed by atoms with van der Waals surface area (Å²) < 4.78 is 5.55. The fraction of sp³-hybridized carbons (Fsp3) is 0.375. The number of aromatic nitrogens is 1. The number of hydrogen-bond acceptors (Lipinski definition) is 5. The minimum absolute atomic E-state index is 0.125. The molecule has 2 N–H and O–H groups in total. The fourth-order valence-electron chi connectivity index (χ4n) is 1.91. The minimum Gasteiger partial charge on any atom is -0.492 e. The summed E-state index contributed by atoms with van der Waals surface area (Å²) in [4.78, 5) is 17.7. The normalized spacial score (nSPS) is 11.8. The number of amides is 1. The monoisotopic (exact) mass is 319 g/mol. The molecule has 22 heavy (non-hydrogen) atoms. The van der Waals surface area contributed by atoms with Crippen LogP contribution in [0.15, 0.2) is 24.3 Å². The van der Waals surface area contributed by atoms with Gasteiger partial charge in [0.1, 0.15) is 11.8 Å². The van der Waals surface area contributed by atoms with E-state index in [1.54, 1.807) is 0 Å². The topological polar surface area (TPSA) is 63.2 Å². The number of ether oxygens (including phenoxy) is 1. The van der Waals surface area contributed by atoms with Gasteiger partial charge in [0.25, 0.3) is 0 Å². The van der Waals surface area contributed by atoms with Gasteiger partial charge in [-0.15, -0.1) is 11.3 Å². The molecule has 0 bridgehead atoms. The quantitative estimate of drug-likeness (QED) is 0.854. The van der Waals surface area contributed by atoms with Gasteiger partial charge in [0.05, 0.1) is 18.0 Å². The third-order valence-corrected chi connectivity index (χ3v) is 4.20. The van der Waals surface area contributed by atoms with Gasteiger partial charge in [-0.25, -0.2) is 4.98 Å². The van der Waals surface area contributed by atoms with Crippen LogP contribution in [0.25, 0.3) is 0 Å². The summed E-state index contributed by atoms with van der Waals surface area (Å²) in [6.45, 7) is 8.24. The average Bonchev–Trinajstić information content (AvgIpc) is 2.79. The summed E-state index contributed by atoms with van der Waals surface area (Å²) in [5.74, 6) is 0.616. The van der Waals surface area contributed by atoms with Gasteiger partial charge >= 0.3 is 0 Å². The third kappa shape index (κ3) is 3.98. The number of hydrogen-bond donors (Lipinski definition) is 2. The van der Waals surface area contributed by atoms with Gasteiger partial charge in [-0.3, -0.25) is 4.79 Å². The molecule has 2 aromatic rings. The highest BCUT2D eigenvalue weighted by atomic mass is 32.1. The minimum atomic E-state index is -0.397. The van der Waals surface area contributed by atoms with Crippen molar-refractivity contribution in [2.45, 2.75) is 33.7 Å². The van der Waals surface area contributed by atoms with Gasteiger partial charge < -0.3 is 15.4 Å². The molecule has 1 aromatic heterocycles. The Labute approximate surface area is 134 Å². The SMILES string of the molecule is CCOc1ccccc1NC(C)C(=O)Nc1nc(C)c(C)s1. The Morgan fingerprint density at radius 2 is 2.09 bits per heavy atom. The molecular weight excluding hydrogens is 298 g/mol. The van der Waals surface area contributed by atoms with E-state index in [4.69, 9.17) is 4.74 Å². The summed E-state index contributed by atoms with van der Waals surface area (Å²) in [5.41, 5.74) is 1.75. The van der Waals surface area contributed by atoms with Crippen molar-refractivity contribution in [3.8, 4) is 5.75 Å². The number of para-hydroxylation sites is 2. The molecule has 1 amide bonds. The van der Waals surface area contributed by atoms with E-state index in [-0.39, 0.29) is 5.91 Å². The van der Waals surface area contributed by atoms with Crippen LogP contribution in [-0.2, 0) is 4.79 Å². The standard InChI is InChI=1S/C16H21N3O2S/c1-5-21-14-9-7-6-8-13(14)17-11(3)15(20)19-16-18-10(2)12(4)22-16/h6-9,11,17H,5H2,1-4H3,(H,18,19,20). The van der Waals surface area contributed by atoms with Crippen LogP contribution in [0.5, 0.6) is 5.75 Å². The zero-order valence-corrected chi connectivity index (χ0v) is 14.1.